The molecule has 0 heterocycles. The van der Waals surface area contributed by atoms with Gasteiger partial charge in [-0.1, -0.05) is 20.4 Å². The molecule has 1 rings (SSSR count). The van der Waals surface area contributed by atoms with Crippen molar-refractivity contribution in [2.45, 2.75) is 32.8 Å². The van der Waals surface area contributed by atoms with Crippen molar-refractivity contribution in [2.75, 3.05) is 6.61 Å². The first-order valence-electron chi connectivity index (χ1n) is 5.04. The Labute approximate surface area is 84.8 Å². The van der Waals surface area contributed by atoms with Gasteiger partial charge in [-0.2, -0.15) is 0 Å². The van der Waals surface area contributed by atoms with Gasteiger partial charge in [-0.15, -0.1) is 0 Å². The van der Waals surface area contributed by atoms with Crippen molar-refractivity contribution in [2.24, 2.45) is 11.8 Å². The van der Waals surface area contributed by atoms with E-state index < -0.39 is 6.10 Å². The molecule has 0 aromatic heterocycles. The average molecular weight is 198 g/mol. The van der Waals surface area contributed by atoms with Crippen molar-refractivity contribution in [1.82, 2.24) is 0 Å². The summed E-state index contributed by atoms with van der Waals surface area (Å²) in [5, 5.41) is 9.62. The Kier molecular flexibility index (Phi) is 3.69. The predicted octanol–water partition coefficient (Wildman–Crippen LogP) is 1.51. The van der Waals surface area contributed by atoms with E-state index in [9.17, 15) is 9.90 Å². The Hall–Kier alpha value is -0.830. The molecule has 0 amide bonds. The monoisotopic (exact) mass is 198 g/mol. The minimum atomic E-state index is -0.491. The molecule has 0 radical (unpaired) electrons. The lowest BCUT2D eigenvalue weighted by Gasteiger charge is -2.15. The molecule has 0 aliphatic heterocycles. The third-order valence-corrected chi connectivity index (χ3v) is 2.61. The van der Waals surface area contributed by atoms with Crippen LogP contribution in [0.4, 0.5) is 0 Å². The van der Waals surface area contributed by atoms with Crippen LogP contribution in [0.3, 0.4) is 0 Å². The topological polar surface area (TPSA) is 46.5 Å². The van der Waals surface area contributed by atoms with Gasteiger partial charge in [0, 0.05) is 5.92 Å². The summed E-state index contributed by atoms with van der Waals surface area (Å²) in [5.74, 6) is -0.253. The molecule has 3 heteroatoms. The van der Waals surface area contributed by atoms with Crippen molar-refractivity contribution in [3.05, 3.63) is 12.2 Å². The second kappa shape index (κ2) is 4.60. The lowest BCUT2D eigenvalue weighted by Crippen LogP contribution is -2.23. The van der Waals surface area contributed by atoms with Crippen LogP contribution in [0.25, 0.3) is 0 Å². The van der Waals surface area contributed by atoms with E-state index in [1.165, 1.54) is 0 Å². The van der Waals surface area contributed by atoms with Crippen LogP contribution >= 0.6 is 0 Å². The first-order valence-corrected chi connectivity index (χ1v) is 5.04. The summed E-state index contributed by atoms with van der Waals surface area (Å²) in [4.78, 5) is 11.2. The molecular weight excluding hydrogens is 180 g/mol. The summed E-state index contributed by atoms with van der Waals surface area (Å²) in [7, 11) is 0. The predicted molar refractivity (Wildman–Crippen MR) is 53.7 cm³/mol. The van der Waals surface area contributed by atoms with Gasteiger partial charge in [0.2, 0.25) is 0 Å². The molecule has 1 aliphatic rings. The van der Waals surface area contributed by atoms with E-state index in [2.05, 4.69) is 6.58 Å². The molecule has 0 spiro atoms. The lowest BCUT2D eigenvalue weighted by molar-refractivity contribution is -0.149. The van der Waals surface area contributed by atoms with Crippen LogP contribution < -0.4 is 0 Å². The lowest BCUT2D eigenvalue weighted by atomic mass is 10.1. The van der Waals surface area contributed by atoms with Gasteiger partial charge in [0.25, 0.3) is 0 Å². The highest BCUT2D eigenvalue weighted by molar-refractivity contribution is 5.71. The molecule has 0 saturated heterocycles. The van der Waals surface area contributed by atoms with E-state index in [1.54, 1.807) is 13.8 Å². The van der Waals surface area contributed by atoms with Crippen LogP contribution in [0, 0.1) is 11.8 Å². The summed E-state index contributed by atoms with van der Waals surface area (Å²) in [6.45, 7) is 7.67. The Bertz CT molecular complexity index is 233. The van der Waals surface area contributed by atoms with Gasteiger partial charge in [-0.25, -0.2) is 0 Å². The van der Waals surface area contributed by atoms with Gasteiger partial charge >= 0.3 is 5.97 Å². The molecule has 80 valence electrons. The number of aliphatic hydroxyl groups excluding tert-OH is 1. The largest absolute Gasteiger partial charge is 0.465 e. The van der Waals surface area contributed by atoms with E-state index in [0.717, 1.165) is 18.4 Å². The molecule has 1 aliphatic carbocycles. The zero-order valence-electron chi connectivity index (χ0n) is 8.82. The first-order chi connectivity index (χ1) is 6.52. The number of rotatable bonds is 3. The van der Waals surface area contributed by atoms with Gasteiger partial charge in [0.05, 0.1) is 18.6 Å². The Morgan fingerprint density at radius 3 is 2.79 bits per heavy atom. The molecule has 2 unspecified atom stereocenters. The molecule has 0 bridgehead atoms. The van der Waals surface area contributed by atoms with Gasteiger partial charge in [0.1, 0.15) is 0 Å². The Morgan fingerprint density at radius 1 is 1.71 bits per heavy atom. The minimum Gasteiger partial charge on any atom is -0.465 e. The number of carbonyl (C=O) groups is 1. The van der Waals surface area contributed by atoms with Crippen molar-refractivity contribution in [1.29, 1.82) is 0 Å². The van der Waals surface area contributed by atoms with Crippen LogP contribution in [0.15, 0.2) is 12.2 Å². The van der Waals surface area contributed by atoms with Crippen molar-refractivity contribution >= 4 is 5.97 Å². The first kappa shape index (κ1) is 11.2. The average Bonchev–Trinajstić information content (AvgIpc) is 2.44. The van der Waals surface area contributed by atoms with E-state index in [1.807, 2.05) is 0 Å². The number of aliphatic hydroxyl groups is 1. The van der Waals surface area contributed by atoms with Crippen LogP contribution in [0.1, 0.15) is 26.7 Å². The summed E-state index contributed by atoms with van der Waals surface area (Å²) < 4.78 is 5.07. The normalized spacial score (nSPS) is 27.0. The van der Waals surface area contributed by atoms with Gasteiger partial charge in [-0.3, -0.25) is 4.79 Å². The molecular formula is C11H18O3. The summed E-state index contributed by atoms with van der Waals surface area (Å²) in [6.07, 6.45) is 1.21. The number of ether oxygens (including phenoxy) is 1. The van der Waals surface area contributed by atoms with Crippen LogP contribution in [-0.4, -0.2) is 23.8 Å². The third kappa shape index (κ3) is 2.58. The minimum absolute atomic E-state index is 0.0465. The highest BCUT2D eigenvalue weighted by Crippen LogP contribution is 2.29. The fourth-order valence-electron chi connectivity index (χ4n) is 1.54. The van der Waals surface area contributed by atoms with Gasteiger partial charge < -0.3 is 9.84 Å². The quantitative estimate of drug-likeness (QED) is 0.552. The van der Waals surface area contributed by atoms with Crippen molar-refractivity contribution in [3.8, 4) is 0 Å². The highest BCUT2D eigenvalue weighted by Gasteiger charge is 2.29. The number of esters is 1. The number of hydrogen-bond donors (Lipinski definition) is 1. The fraction of sp³-hybridized carbons (Fsp3) is 0.727. The second-order valence-corrected chi connectivity index (χ2v) is 4.19. The molecule has 3 nitrogen and oxygen atoms in total. The van der Waals surface area contributed by atoms with Crippen LogP contribution in [-0.2, 0) is 9.53 Å². The molecule has 1 N–H and O–H groups in total. The van der Waals surface area contributed by atoms with Crippen molar-refractivity contribution < 1.29 is 14.6 Å². The fourth-order valence-corrected chi connectivity index (χ4v) is 1.54. The second-order valence-electron chi connectivity index (χ2n) is 4.19. The number of carbonyl (C=O) groups excluding carboxylic acids is 1. The van der Waals surface area contributed by atoms with Gasteiger partial charge in [0.15, 0.2) is 0 Å². The van der Waals surface area contributed by atoms with Crippen molar-refractivity contribution in [3.63, 3.8) is 0 Å². The van der Waals surface area contributed by atoms with E-state index in [4.69, 9.17) is 4.74 Å². The maximum Gasteiger partial charge on any atom is 0.308 e. The smallest absolute Gasteiger partial charge is 0.308 e. The maximum atomic E-state index is 11.2. The summed E-state index contributed by atoms with van der Waals surface area (Å²) in [5.41, 5.74) is 0.857. The third-order valence-electron chi connectivity index (χ3n) is 2.61. The maximum absolute atomic E-state index is 11.2. The molecule has 0 aromatic rings. The Balaban J connectivity index is 2.32. The van der Waals surface area contributed by atoms with E-state index in [0.29, 0.717) is 6.61 Å². The summed E-state index contributed by atoms with van der Waals surface area (Å²) in [6, 6.07) is 0. The zero-order valence-corrected chi connectivity index (χ0v) is 8.82. The molecule has 1 saturated carbocycles. The molecule has 1 fully saturated rings. The zero-order chi connectivity index (χ0) is 10.7. The van der Waals surface area contributed by atoms with Gasteiger partial charge in [-0.05, 0) is 18.4 Å². The summed E-state index contributed by atoms with van der Waals surface area (Å²) >= 11 is 0. The standard InChI is InChI=1S/C11H18O3/c1-7(2)11(13)14-6-9-5-4-8(3)10(9)12/h7,9-10,12H,3-6H2,1-2H3. The van der Waals surface area contributed by atoms with E-state index >= 15 is 0 Å². The number of hydrogen-bond acceptors (Lipinski definition) is 3. The van der Waals surface area contributed by atoms with E-state index in [-0.39, 0.29) is 17.8 Å². The molecule has 0 aromatic carbocycles. The Morgan fingerprint density at radius 2 is 2.36 bits per heavy atom. The van der Waals surface area contributed by atoms with Crippen LogP contribution in [0.2, 0.25) is 0 Å². The molecule has 2 atom stereocenters. The van der Waals surface area contributed by atoms with Crippen LogP contribution in [0.5, 0.6) is 0 Å². The SMILES string of the molecule is C=C1CCC(COC(=O)C(C)C)C1O. The molecule has 14 heavy (non-hydrogen) atoms. The highest BCUT2D eigenvalue weighted by atomic mass is 16.5.